The molecule has 0 aromatic rings. The number of nitrogens with zero attached hydrogens (tertiary/aromatic N) is 1. The van der Waals surface area contributed by atoms with Crippen LogP contribution in [0.4, 0.5) is 0 Å². The Hall–Kier alpha value is -1.16. The molecular weight excluding hydrogens is 170 g/mol. The maximum atomic E-state index is 11.4. The van der Waals surface area contributed by atoms with Crippen molar-refractivity contribution in [1.29, 1.82) is 0 Å². The Morgan fingerprint density at radius 2 is 1.62 bits per heavy atom. The van der Waals surface area contributed by atoms with E-state index in [-0.39, 0.29) is 23.7 Å². The molecule has 1 aliphatic heterocycles. The summed E-state index contributed by atoms with van der Waals surface area (Å²) in [5.41, 5.74) is 0. The molecule has 1 saturated heterocycles. The predicted octanol–water partition coefficient (Wildman–Crippen LogP) is 0.183. The monoisotopic (exact) mass is 179 g/mol. The number of allylic oxidation sites excluding steroid dienone is 2. The number of carbonyl (C=O) groups is 2. The fraction of sp³-hybridized carbons (Fsp3) is 0.556. The second-order valence-electron chi connectivity index (χ2n) is 3.99. The number of carbonyl (C=O) groups excluding carboxylic acids is 2. The molecule has 1 saturated carbocycles. The van der Waals surface area contributed by atoms with E-state index in [1.54, 1.807) is 0 Å². The molecule has 2 aliphatic carbocycles. The maximum absolute atomic E-state index is 11.4. The van der Waals surface area contributed by atoms with E-state index in [4.69, 9.17) is 5.21 Å². The van der Waals surface area contributed by atoms with E-state index in [1.807, 2.05) is 12.2 Å². The number of rotatable bonds is 0. The molecular formula is C9H9NO3. The third-order valence-corrected chi connectivity index (χ3v) is 3.45. The van der Waals surface area contributed by atoms with Crippen molar-refractivity contribution in [2.75, 3.05) is 0 Å². The normalized spacial score (nSPS) is 46.4. The van der Waals surface area contributed by atoms with Crippen molar-refractivity contribution in [2.45, 2.75) is 6.42 Å². The molecule has 13 heavy (non-hydrogen) atoms. The first-order valence-electron chi connectivity index (χ1n) is 4.45. The molecule has 3 rings (SSSR count). The second-order valence-corrected chi connectivity index (χ2v) is 3.99. The maximum Gasteiger partial charge on any atom is 0.257 e. The van der Waals surface area contributed by atoms with Gasteiger partial charge >= 0.3 is 0 Å². The van der Waals surface area contributed by atoms with Crippen molar-refractivity contribution in [2.24, 2.45) is 23.7 Å². The van der Waals surface area contributed by atoms with Crippen LogP contribution in [-0.2, 0) is 9.59 Å². The van der Waals surface area contributed by atoms with Gasteiger partial charge in [0, 0.05) is 0 Å². The zero-order chi connectivity index (χ0) is 9.16. The van der Waals surface area contributed by atoms with E-state index >= 15 is 0 Å². The van der Waals surface area contributed by atoms with Crippen LogP contribution in [0, 0.1) is 23.7 Å². The number of hydrogen-bond acceptors (Lipinski definition) is 3. The minimum atomic E-state index is -0.410. The zero-order valence-corrected chi connectivity index (χ0v) is 6.88. The van der Waals surface area contributed by atoms with Crippen LogP contribution < -0.4 is 0 Å². The summed E-state index contributed by atoms with van der Waals surface area (Å²) in [4.78, 5) is 22.8. The van der Waals surface area contributed by atoms with Gasteiger partial charge in [-0.15, -0.1) is 0 Å². The number of fused-ring (bicyclic) bond motifs is 5. The highest BCUT2D eigenvalue weighted by molar-refractivity contribution is 6.05. The van der Waals surface area contributed by atoms with Crippen LogP contribution in [0.25, 0.3) is 0 Å². The van der Waals surface area contributed by atoms with Gasteiger partial charge in [-0.05, 0) is 18.3 Å². The molecule has 0 spiro atoms. The first-order chi connectivity index (χ1) is 6.20. The lowest BCUT2D eigenvalue weighted by molar-refractivity contribution is -0.173. The molecule has 2 bridgehead atoms. The van der Waals surface area contributed by atoms with Crippen LogP contribution in [0.3, 0.4) is 0 Å². The highest BCUT2D eigenvalue weighted by atomic mass is 16.5. The molecule has 0 radical (unpaired) electrons. The smallest absolute Gasteiger partial charge is 0.257 e. The predicted molar refractivity (Wildman–Crippen MR) is 41.4 cm³/mol. The second kappa shape index (κ2) is 2.01. The van der Waals surface area contributed by atoms with E-state index in [9.17, 15) is 9.59 Å². The lowest BCUT2D eigenvalue weighted by Gasteiger charge is -2.13. The number of imide groups is 1. The van der Waals surface area contributed by atoms with Crippen LogP contribution in [0.15, 0.2) is 12.2 Å². The lowest BCUT2D eigenvalue weighted by atomic mass is 9.85. The number of hydroxylamine groups is 2. The van der Waals surface area contributed by atoms with E-state index in [0.29, 0.717) is 5.06 Å². The zero-order valence-electron chi connectivity index (χ0n) is 6.88. The average molecular weight is 179 g/mol. The summed E-state index contributed by atoms with van der Waals surface area (Å²) in [5.74, 6) is -0.995. The van der Waals surface area contributed by atoms with Crippen LogP contribution >= 0.6 is 0 Å². The van der Waals surface area contributed by atoms with Gasteiger partial charge in [0.15, 0.2) is 0 Å². The van der Waals surface area contributed by atoms with Crippen LogP contribution in [0.2, 0.25) is 0 Å². The number of amides is 2. The molecule has 68 valence electrons. The molecule has 4 atom stereocenters. The van der Waals surface area contributed by atoms with Gasteiger partial charge in [0.2, 0.25) is 0 Å². The SMILES string of the molecule is O=C1[C@@H]2C3C=CC(C3)[C@@H]2C(=O)N1O. The molecule has 4 nitrogen and oxygen atoms in total. The standard InChI is InChI=1S/C9H9NO3/c11-8-6-4-1-2-5(3-4)7(6)9(12)10(8)13/h1-2,4-7,13H,3H2/t4?,5?,6-,7+. The Morgan fingerprint density at radius 1 is 1.15 bits per heavy atom. The Morgan fingerprint density at radius 3 is 2.08 bits per heavy atom. The van der Waals surface area contributed by atoms with E-state index in [2.05, 4.69) is 0 Å². The fourth-order valence-electron chi connectivity index (χ4n) is 2.89. The minimum Gasteiger partial charge on any atom is -0.278 e. The lowest BCUT2D eigenvalue weighted by Crippen LogP contribution is -2.29. The molecule has 2 unspecified atom stereocenters. The van der Waals surface area contributed by atoms with Crippen LogP contribution in [0.1, 0.15) is 6.42 Å². The first-order valence-corrected chi connectivity index (χ1v) is 4.45. The van der Waals surface area contributed by atoms with Gasteiger partial charge in [0.25, 0.3) is 11.8 Å². The van der Waals surface area contributed by atoms with Gasteiger partial charge in [-0.1, -0.05) is 12.2 Å². The summed E-state index contributed by atoms with van der Waals surface area (Å²) in [5, 5.41) is 9.45. The average Bonchev–Trinajstić information content (AvgIpc) is 2.76. The number of hydrogen-bond donors (Lipinski definition) is 1. The Bertz CT molecular complexity index is 306. The van der Waals surface area contributed by atoms with E-state index in [1.165, 1.54) is 0 Å². The molecule has 1 N–H and O–H groups in total. The molecule has 0 aromatic carbocycles. The van der Waals surface area contributed by atoms with E-state index in [0.717, 1.165) is 6.42 Å². The molecule has 2 amide bonds. The van der Waals surface area contributed by atoms with Gasteiger partial charge in [-0.25, -0.2) is 0 Å². The Kier molecular flexibility index (Phi) is 1.12. The van der Waals surface area contributed by atoms with Crippen molar-refractivity contribution in [1.82, 2.24) is 5.06 Å². The van der Waals surface area contributed by atoms with Gasteiger partial charge < -0.3 is 0 Å². The molecule has 1 heterocycles. The van der Waals surface area contributed by atoms with Crippen LogP contribution in [-0.4, -0.2) is 22.1 Å². The molecule has 2 fully saturated rings. The van der Waals surface area contributed by atoms with Crippen molar-refractivity contribution < 1.29 is 14.8 Å². The third kappa shape index (κ3) is 0.659. The third-order valence-electron chi connectivity index (χ3n) is 3.45. The summed E-state index contributed by atoms with van der Waals surface area (Å²) in [7, 11) is 0. The topological polar surface area (TPSA) is 57.6 Å². The Balaban J connectivity index is 2.08. The highest BCUT2D eigenvalue weighted by Crippen LogP contribution is 2.51. The van der Waals surface area contributed by atoms with Crippen LogP contribution in [0.5, 0.6) is 0 Å². The molecule has 0 aromatic heterocycles. The van der Waals surface area contributed by atoms with Crippen molar-refractivity contribution in [3.8, 4) is 0 Å². The fourth-order valence-corrected chi connectivity index (χ4v) is 2.89. The summed E-state index contributed by atoms with van der Waals surface area (Å²) in [6.45, 7) is 0. The first kappa shape index (κ1) is 7.26. The highest BCUT2D eigenvalue weighted by Gasteiger charge is 2.59. The van der Waals surface area contributed by atoms with E-state index < -0.39 is 11.8 Å². The van der Waals surface area contributed by atoms with Crippen molar-refractivity contribution >= 4 is 11.8 Å². The summed E-state index contributed by atoms with van der Waals surface area (Å²) >= 11 is 0. The van der Waals surface area contributed by atoms with Gasteiger partial charge in [0.1, 0.15) is 0 Å². The van der Waals surface area contributed by atoms with Gasteiger partial charge in [0.05, 0.1) is 11.8 Å². The summed E-state index contributed by atoms with van der Waals surface area (Å²) in [6.07, 6.45) is 4.90. The Labute approximate surface area is 74.8 Å². The quantitative estimate of drug-likeness (QED) is 0.328. The summed E-state index contributed by atoms with van der Waals surface area (Å²) < 4.78 is 0. The molecule has 3 aliphatic rings. The largest absolute Gasteiger partial charge is 0.278 e. The van der Waals surface area contributed by atoms with Crippen molar-refractivity contribution in [3.05, 3.63) is 12.2 Å². The summed E-state index contributed by atoms with van der Waals surface area (Å²) in [6, 6.07) is 0. The van der Waals surface area contributed by atoms with Gasteiger partial charge in [-0.3, -0.25) is 14.8 Å². The van der Waals surface area contributed by atoms with Gasteiger partial charge in [-0.2, -0.15) is 5.06 Å². The minimum absolute atomic E-state index is 0.184. The van der Waals surface area contributed by atoms with Crippen molar-refractivity contribution in [3.63, 3.8) is 0 Å². The molecule has 4 heteroatoms.